The number of amides is 3. The summed E-state index contributed by atoms with van der Waals surface area (Å²) in [4.78, 5) is 32.2. The first kappa shape index (κ1) is 20.8. The number of benzene rings is 2. The van der Waals surface area contributed by atoms with Crippen LogP contribution in [0.15, 0.2) is 79.1 Å². The summed E-state index contributed by atoms with van der Waals surface area (Å²) in [5, 5.41) is 10.1. The second-order valence-corrected chi connectivity index (χ2v) is 6.93. The van der Waals surface area contributed by atoms with Crippen LogP contribution in [0.3, 0.4) is 0 Å². The maximum absolute atomic E-state index is 12.2. The van der Waals surface area contributed by atoms with Gasteiger partial charge in [-0.15, -0.1) is 0 Å². The first-order chi connectivity index (χ1) is 15.6. The van der Waals surface area contributed by atoms with Crippen molar-refractivity contribution >= 4 is 28.5 Å². The van der Waals surface area contributed by atoms with Gasteiger partial charge in [0.2, 0.25) is 0 Å². The summed E-state index contributed by atoms with van der Waals surface area (Å²) in [6.07, 6.45) is 3.24. The number of carbonyl (C=O) groups excluding carboxylic acids is 2. The van der Waals surface area contributed by atoms with Crippen LogP contribution in [0.5, 0.6) is 11.5 Å². The molecule has 0 radical (unpaired) electrons. The van der Waals surface area contributed by atoms with Crippen LogP contribution in [0.1, 0.15) is 16.1 Å². The fourth-order valence-corrected chi connectivity index (χ4v) is 3.03. The van der Waals surface area contributed by atoms with Gasteiger partial charge in [-0.2, -0.15) is 0 Å². The zero-order valence-electron chi connectivity index (χ0n) is 17.3. The van der Waals surface area contributed by atoms with E-state index >= 15 is 0 Å². The summed E-state index contributed by atoms with van der Waals surface area (Å²) in [6.45, 7) is 0.343. The minimum Gasteiger partial charge on any atom is -0.457 e. The van der Waals surface area contributed by atoms with Crippen LogP contribution in [-0.2, 0) is 6.54 Å². The molecule has 0 unspecified atom stereocenters. The van der Waals surface area contributed by atoms with Crippen molar-refractivity contribution in [1.29, 1.82) is 0 Å². The maximum atomic E-state index is 12.2. The molecule has 0 bridgehead atoms. The van der Waals surface area contributed by atoms with Gasteiger partial charge in [0.05, 0.1) is 0 Å². The number of nitrogens with zero attached hydrogens (tertiary/aromatic N) is 2. The molecule has 2 heterocycles. The quantitative estimate of drug-likeness (QED) is 0.430. The third kappa shape index (κ3) is 5.17. The largest absolute Gasteiger partial charge is 0.457 e. The number of nitrogens with one attached hydrogen (secondary N) is 3. The lowest BCUT2D eigenvalue weighted by atomic mass is 10.2. The molecule has 0 fully saturated rings. The van der Waals surface area contributed by atoms with E-state index < -0.39 is 0 Å². The number of aromatic nitrogens is 2. The molecule has 8 nitrogen and oxygen atoms in total. The molecule has 8 heteroatoms. The third-order valence-corrected chi connectivity index (χ3v) is 4.68. The zero-order chi connectivity index (χ0) is 22.3. The van der Waals surface area contributed by atoms with Gasteiger partial charge in [0.1, 0.15) is 23.0 Å². The van der Waals surface area contributed by atoms with Gasteiger partial charge in [0.25, 0.3) is 5.91 Å². The number of carbonyl (C=O) groups is 2. The van der Waals surface area contributed by atoms with E-state index in [1.807, 2.05) is 42.5 Å². The lowest BCUT2D eigenvalue weighted by molar-refractivity contribution is 0.0958. The zero-order valence-corrected chi connectivity index (χ0v) is 17.3. The van der Waals surface area contributed by atoms with Gasteiger partial charge in [-0.1, -0.05) is 36.4 Å². The van der Waals surface area contributed by atoms with E-state index in [1.165, 1.54) is 6.20 Å². The van der Waals surface area contributed by atoms with Gasteiger partial charge in [-0.25, -0.2) is 9.78 Å². The fourth-order valence-electron chi connectivity index (χ4n) is 3.03. The Morgan fingerprint density at radius 2 is 1.69 bits per heavy atom. The topological polar surface area (TPSA) is 105 Å². The number of rotatable bonds is 6. The molecule has 3 amide bonds. The molecule has 0 aliphatic heterocycles. The summed E-state index contributed by atoms with van der Waals surface area (Å²) in [5.41, 5.74) is 1.18. The fraction of sp³-hybridized carbons (Fsp3) is 0.0833. The number of anilines is 1. The van der Waals surface area contributed by atoms with E-state index in [4.69, 9.17) is 4.74 Å². The normalized spacial score (nSPS) is 10.4. The molecular formula is C24H21N5O3. The van der Waals surface area contributed by atoms with Crippen LogP contribution >= 0.6 is 0 Å². The number of hydrogen-bond donors (Lipinski definition) is 3. The number of hydrogen-bond acceptors (Lipinski definition) is 5. The first-order valence-electron chi connectivity index (χ1n) is 9.95. The van der Waals surface area contributed by atoms with Crippen LogP contribution < -0.4 is 20.7 Å². The molecule has 2 aromatic heterocycles. The average molecular weight is 427 g/mol. The standard InChI is InChI=1S/C24H21N5O3/c1-25-23(30)21-13-20(10-11-26-21)32-19-8-6-16(7-9-19)14-28-24(31)29-22-12-17-4-2-3-5-18(17)15-27-22/h2-13,15H,14H2,1H3,(H,25,30)(H2,27,28,29,31). The lowest BCUT2D eigenvalue weighted by Gasteiger charge is -2.09. The predicted octanol–water partition coefficient (Wildman–Crippen LogP) is 4.10. The molecule has 160 valence electrons. The van der Waals surface area contributed by atoms with Crippen LogP contribution in [0, 0.1) is 0 Å². The highest BCUT2D eigenvalue weighted by molar-refractivity contribution is 5.92. The van der Waals surface area contributed by atoms with Gasteiger partial charge in [-0.05, 0) is 35.2 Å². The van der Waals surface area contributed by atoms with Gasteiger partial charge in [-0.3, -0.25) is 15.1 Å². The van der Waals surface area contributed by atoms with E-state index in [0.29, 0.717) is 23.9 Å². The van der Waals surface area contributed by atoms with Crippen molar-refractivity contribution in [3.63, 3.8) is 0 Å². The van der Waals surface area contributed by atoms with Crippen LogP contribution in [0.2, 0.25) is 0 Å². The molecule has 0 saturated carbocycles. The van der Waals surface area contributed by atoms with Crippen molar-refractivity contribution in [1.82, 2.24) is 20.6 Å². The van der Waals surface area contributed by atoms with E-state index in [9.17, 15) is 9.59 Å². The highest BCUT2D eigenvalue weighted by Crippen LogP contribution is 2.22. The number of ether oxygens (including phenoxy) is 1. The SMILES string of the molecule is CNC(=O)c1cc(Oc2ccc(CNC(=O)Nc3cc4ccccc4cn3)cc2)ccn1. The molecule has 0 saturated heterocycles. The van der Waals surface area contributed by atoms with E-state index in [-0.39, 0.29) is 17.6 Å². The Balaban J connectivity index is 1.31. The Hall–Kier alpha value is -4.46. The van der Waals surface area contributed by atoms with Crippen molar-refractivity contribution in [2.75, 3.05) is 12.4 Å². The van der Waals surface area contributed by atoms with E-state index in [1.54, 1.807) is 37.5 Å². The van der Waals surface area contributed by atoms with Crippen molar-refractivity contribution in [2.24, 2.45) is 0 Å². The molecule has 3 N–H and O–H groups in total. The Labute approximate surface area is 184 Å². The summed E-state index contributed by atoms with van der Waals surface area (Å²) in [7, 11) is 1.54. The van der Waals surface area contributed by atoms with Gasteiger partial charge >= 0.3 is 6.03 Å². The molecule has 2 aromatic carbocycles. The maximum Gasteiger partial charge on any atom is 0.320 e. The Kier molecular flexibility index (Phi) is 6.22. The Bertz CT molecular complexity index is 1260. The van der Waals surface area contributed by atoms with Gasteiger partial charge in [0, 0.05) is 37.4 Å². The summed E-state index contributed by atoms with van der Waals surface area (Å²) >= 11 is 0. The van der Waals surface area contributed by atoms with Crippen molar-refractivity contribution in [3.05, 3.63) is 90.4 Å². The molecule has 32 heavy (non-hydrogen) atoms. The molecule has 0 spiro atoms. The van der Waals surface area contributed by atoms with Crippen LogP contribution in [0.25, 0.3) is 10.8 Å². The van der Waals surface area contributed by atoms with Crippen molar-refractivity contribution in [3.8, 4) is 11.5 Å². The lowest BCUT2D eigenvalue weighted by Crippen LogP contribution is -2.28. The van der Waals surface area contributed by atoms with Crippen LogP contribution in [0.4, 0.5) is 10.6 Å². The third-order valence-electron chi connectivity index (χ3n) is 4.68. The number of urea groups is 1. The molecule has 4 rings (SSSR count). The van der Waals surface area contributed by atoms with Gasteiger partial charge in [0.15, 0.2) is 0 Å². The van der Waals surface area contributed by atoms with E-state index in [2.05, 4.69) is 25.9 Å². The first-order valence-corrected chi connectivity index (χ1v) is 9.95. The van der Waals surface area contributed by atoms with Crippen molar-refractivity contribution in [2.45, 2.75) is 6.54 Å². The highest BCUT2D eigenvalue weighted by atomic mass is 16.5. The molecule has 0 aliphatic carbocycles. The predicted molar refractivity (Wildman–Crippen MR) is 122 cm³/mol. The second kappa shape index (κ2) is 9.57. The molecule has 0 aliphatic rings. The second-order valence-electron chi connectivity index (χ2n) is 6.93. The summed E-state index contributed by atoms with van der Waals surface area (Å²) in [5.74, 6) is 1.31. The van der Waals surface area contributed by atoms with Gasteiger partial charge < -0.3 is 15.4 Å². The summed E-state index contributed by atoms with van der Waals surface area (Å²) in [6, 6.07) is 19.8. The monoisotopic (exact) mass is 427 g/mol. The minimum absolute atomic E-state index is 0.276. The Morgan fingerprint density at radius 3 is 2.47 bits per heavy atom. The molecule has 0 atom stereocenters. The minimum atomic E-state index is -0.341. The smallest absolute Gasteiger partial charge is 0.320 e. The molecular weight excluding hydrogens is 406 g/mol. The summed E-state index contributed by atoms with van der Waals surface area (Å²) < 4.78 is 5.78. The number of fused-ring (bicyclic) bond motifs is 1. The average Bonchev–Trinajstić information content (AvgIpc) is 2.83. The van der Waals surface area contributed by atoms with E-state index in [0.717, 1.165) is 16.3 Å². The molecule has 4 aromatic rings. The van der Waals surface area contributed by atoms with Crippen molar-refractivity contribution < 1.29 is 14.3 Å². The van der Waals surface area contributed by atoms with Crippen LogP contribution in [-0.4, -0.2) is 29.0 Å². The number of pyridine rings is 2. The Morgan fingerprint density at radius 1 is 0.906 bits per heavy atom. The highest BCUT2D eigenvalue weighted by Gasteiger charge is 2.07.